The van der Waals surface area contributed by atoms with E-state index >= 15 is 0 Å². The largest absolute Gasteiger partial charge is 0.493 e. The highest BCUT2D eigenvalue weighted by Crippen LogP contribution is 2.32. The third kappa shape index (κ3) is 1.98. The van der Waals surface area contributed by atoms with Crippen molar-refractivity contribution in [3.8, 4) is 16.3 Å². The molecule has 0 unspecified atom stereocenters. The Balaban J connectivity index is 1.92. The second-order valence-electron chi connectivity index (χ2n) is 3.86. The van der Waals surface area contributed by atoms with Gasteiger partial charge in [-0.3, -0.25) is 0 Å². The molecule has 3 rings (SSSR count). The highest BCUT2D eigenvalue weighted by atomic mass is 32.1. The summed E-state index contributed by atoms with van der Waals surface area (Å²) in [6, 6.07) is 6.21. The molecular formula is C12H13N3OS. The quantitative estimate of drug-likeness (QED) is 0.905. The van der Waals surface area contributed by atoms with Crippen LogP contribution >= 0.6 is 11.3 Å². The molecule has 1 aliphatic rings. The van der Waals surface area contributed by atoms with Gasteiger partial charge in [-0.1, -0.05) is 11.3 Å². The van der Waals surface area contributed by atoms with E-state index in [9.17, 15) is 0 Å². The van der Waals surface area contributed by atoms with E-state index in [1.807, 2.05) is 19.1 Å². The van der Waals surface area contributed by atoms with E-state index in [4.69, 9.17) is 4.74 Å². The number of benzene rings is 1. The minimum atomic E-state index is 0.789. The first-order valence-corrected chi connectivity index (χ1v) is 6.52. The Bertz CT molecular complexity index is 538. The van der Waals surface area contributed by atoms with Crippen molar-refractivity contribution < 1.29 is 4.74 Å². The number of fused-ring (bicyclic) bond motifs is 1. The van der Waals surface area contributed by atoms with Gasteiger partial charge in [-0.05, 0) is 30.7 Å². The summed E-state index contributed by atoms with van der Waals surface area (Å²) >= 11 is 1.58. The fraction of sp³-hybridized carbons (Fsp3) is 0.333. The summed E-state index contributed by atoms with van der Waals surface area (Å²) in [5, 5.41) is 13.3. The van der Waals surface area contributed by atoms with Crippen molar-refractivity contribution in [1.29, 1.82) is 0 Å². The minimum Gasteiger partial charge on any atom is -0.493 e. The Morgan fingerprint density at radius 1 is 1.41 bits per heavy atom. The summed E-state index contributed by atoms with van der Waals surface area (Å²) in [7, 11) is 0. The van der Waals surface area contributed by atoms with Crippen molar-refractivity contribution in [3.63, 3.8) is 0 Å². The Morgan fingerprint density at radius 2 is 2.35 bits per heavy atom. The second kappa shape index (κ2) is 4.33. The van der Waals surface area contributed by atoms with Crippen LogP contribution in [0.15, 0.2) is 18.2 Å². The van der Waals surface area contributed by atoms with Crippen LogP contribution in [0.5, 0.6) is 5.75 Å². The third-order valence-electron chi connectivity index (χ3n) is 2.69. The van der Waals surface area contributed by atoms with Crippen LogP contribution in [-0.4, -0.2) is 23.3 Å². The van der Waals surface area contributed by atoms with E-state index < -0.39 is 0 Å². The fourth-order valence-corrected chi connectivity index (χ4v) is 2.69. The predicted octanol–water partition coefficient (Wildman–Crippen LogP) is 2.57. The van der Waals surface area contributed by atoms with Gasteiger partial charge in [0.15, 0.2) is 0 Å². The molecule has 0 saturated heterocycles. The van der Waals surface area contributed by atoms with Crippen LogP contribution in [0.2, 0.25) is 0 Å². The van der Waals surface area contributed by atoms with E-state index in [1.54, 1.807) is 11.3 Å². The van der Waals surface area contributed by atoms with Gasteiger partial charge < -0.3 is 10.1 Å². The molecule has 0 aliphatic carbocycles. The summed E-state index contributed by atoms with van der Waals surface area (Å²) in [6.45, 7) is 3.71. The average Bonchev–Trinajstić information content (AvgIpc) is 2.96. The molecule has 1 aromatic carbocycles. The molecule has 4 nitrogen and oxygen atoms in total. The first-order valence-electron chi connectivity index (χ1n) is 5.70. The molecule has 2 aromatic rings. The summed E-state index contributed by atoms with van der Waals surface area (Å²) in [5.74, 6) is 1.00. The Hall–Kier alpha value is -1.62. The van der Waals surface area contributed by atoms with Gasteiger partial charge in [0.05, 0.1) is 6.61 Å². The van der Waals surface area contributed by atoms with Crippen LogP contribution in [0, 0.1) is 0 Å². The topological polar surface area (TPSA) is 47.0 Å². The molecule has 1 aromatic heterocycles. The number of hydrogen-bond donors (Lipinski definition) is 1. The van der Waals surface area contributed by atoms with Crippen molar-refractivity contribution in [2.45, 2.75) is 13.3 Å². The first kappa shape index (κ1) is 10.5. The van der Waals surface area contributed by atoms with E-state index in [2.05, 4.69) is 21.6 Å². The Kier molecular flexibility index (Phi) is 2.68. The lowest BCUT2D eigenvalue weighted by Crippen LogP contribution is -1.94. The van der Waals surface area contributed by atoms with Crippen LogP contribution < -0.4 is 10.1 Å². The van der Waals surface area contributed by atoms with Crippen molar-refractivity contribution in [3.05, 3.63) is 23.8 Å². The summed E-state index contributed by atoms with van der Waals surface area (Å²) in [6.07, 6.45) is 0.988. The zero-order valence-corrected chi connectivity index (χ0v) is 10.4. The molecule has 2 heterocycles. The molecule has 0 fully saturated rings. The predicted molar refractivity (Wildman–Crippen MR) is 68.7 cm³/mol. The van der Waals surface area contributed by atoms with Crippen molar-refractivity contribution in [2.24, 2.45) is 0 Å². The zero-order chi connectivity index (χ0) is 11.7. The minimum absolute atomic E-state index is 0.789. The lowest BCUT2D eigenvalue weighted by atomic mass is 10.1. The summed E-state index contributed by atoms with van der Waals surface area (Å²) in [5.41, 5.74) is 2.39. The Morgan fingerprint density at radius 3 is 3.24 bits per heavy atom. The highest BCUT2D eigenvalue weighted by Gasteiger charge is 2.14. The Labute approximate surface area is 104 Å². The van der Waals surface area contributed by atoms with Gasteiger partial charge in [0.2, 0.25) is 5.13 Å². The molecule has 0 saturated carbocycles. The van der Waals surface area contributed by atoms with Gasteiger partial charge in [0.25, 0.3) is 0 Å². The van der Waals surface area contributed by atoms with Crippen molar-refractivity contribution in [2.75, 3.05) is 18.5 Å². The monoisotopic (exact) mass is 247 g/mol. The average molecular weight is 247 g/mol. The number of hydrogen-bond acceptors (Lipinski definition) is 5. The number of nitrogens with one attached hydrogen (secondary N) is 1. The maximum Gasteiger partial charge on any atom is 0.205 e. The normalized spacial score (nSPS) is 13.2. The molecule has 0 amide bonds. The van der Waals surface area contributed by atoms with Gasteiger partial charge in [-0.2, -0.15) is 0 Å². The van der Waals surface area contributed by atoms with Crippen LogP contribution in [0.1, 0.15) is 12.5 Å². The molecule has 1 N–H and O–H groups in total. The number of nitrogens with zero attached hydrogens (tertiary/aromatic N) is 2. The molecule has 88 valence electrons. The van der Waals surface area contributed by atoms with Crippen molar-refractivity contribution >= 4 is 16.5 Å². The summed E-state index contributed by atoms with van der Waals surface area (Å²) in [4.78, 5) is 0. The van der Waals surface area contributed by atoms with E-state index in [-0.39, 0.29) is 0 Å². The number of anilines is 1. The molecule has 0 atom stereocenters. The molecule has 1 aliphatic heterocycles. The lowest BCUT2D eigenvalue weighted by Gasteiger charge is -2.00. The standard InChI is InChI=1S/C12H13N3OS/c1-2-13-12-15-14-11(17-12)9-3-4-10-8(7-9)5-6-16-10/h3-4,7H,2,5-6H2,1H3,(H,13,15). The molecule has 17 heavy (non-hydrogen) atoms. The lowest BCUT2D eigenvalue weighted by molar-refractivity contribution is 0.357. The molecule has 0 radical (unpaired) electrons. The molecule has 5 heteroatoms. The van der Waals surface area contributed by atoms with Gasteiger partial charge >= 0.3 is 0 Å². The smallest absolute Gasteiger partial charge is 0.205 e. The van der Waals surface area contributed by atoms with Crippen LogP contribution in [0.4, 0.5) is 5.13 Å². The SMILES string of the molecule is CCNc1nnc(-c2ccc3c(c2)CCO3)s1. The highest BCUT2D eigenvalue weighted by molar-refractivity contribution is 7.18. The molecule has 0 spiro atoms. The van der Waals surface area contributed by atoms with Crippen LogP contribution in [-0.2, 0) is 6.42 Å². The van der Waals surface area contributed by atoms with Crippen LogP contribution in [0.25, 0.3) is 10.6 Å². The summed E-state index contributed by atoms with van der Waals surface area (Å²) < 4.78 is 5.49. The maximum absolute atomic E-state index is 5.49. The van der Waals surface area contributed by atoms with Gasteiger partial charge in [-0.15, -0.1) is 10.2 Å². The third-order valence-corrected chi connectivity index (χ3v) is 3.62. The fourth-order valence-electron chi connectivity index (χ4n) is 1.88. The molecule has 0 bridgehead atoms. The van der Waals surface area contributed by atoms with E-state index in [0.29, 0.717) is 0 Å². The zero-order valence-electron chi connectivity index (χ0n) is 9.56. The number of ether oxygens (including phenoxy) is 1. The number of rotatable bonds is 3. The van der Waals surface area contributed by atoms with Gasteiger partial charge in [0.1, 0.15) is 10.8 Å². The van der Waals surface area contributed by atoms with E-state index in [1.165, 1.54) is 5.56 Å². The van der Waals surface area contributed by atoms with E-state index in [0.717, 1.165) is 41.0 Å². The molecular weight excluding hydrogens is 234 g/mol. The van der Waals surface area contributed by atoms with Gasteiger partial charge in [0, 0.05) is 18.5 Å². The number of aromatic nitrogens is 2. The first-order chi connectivity index (χ1) is 8.36. The second-order valence-corrected chi connectivity index (χ2v) is 4.84. The van der Waals surface area contributed by atoms with Crippen LogP contribution in [0.3, 0.4) is 0 Å². The van der Waals surface area contributed by atoms with Crippen molar-refractivity contribution in [1.82, 2.24) is 10.2 Å². The maximum atomic E-state index is 5.49. The van der Waals surface area contributed by atoms with Gasteiger partial charge in [-0.25, -0.2) is 0 Å².